The molecule has 1 aromatic heterocycles. The Kier molecular flexibility index (Phi) is 3.28. The average Bonchev–Trinajstić information content (AvgIpc) is 2.09. The summed E-state index contributed by atoms with van der Waals surface area (Å²) >= 11 is 1.72. The van der Waals surface area contributed by atoms with Crippen LogP contribution in [0.5, 0.6) is 0 Å². The molecule has 0 radical (unpaired) electrons. The third-order valence-electron chi connectivity index (χ3n) is 2.07. The highest BCUT2D eigenvalue weighted by molar-refractivity contribution is 14.1. The molecule has 1 aromatic rings. The van der Waals surface area contributed by atoms with E-state index in [4.69, 9.17) is 10.2 Å². The lowest BCUT2D eigenvalue weighted by atomic mass is 10.0. The summed E-state index contributed by atoms with van der Waals surface area (Å²) in [5.74, 6) is -2.51. The number of carbonyl (C=O) groups is 2. The van der Waals surface area contributed by atoms with Crippen molar-refractivity contribution < 1.29 is 19.8 Å². The zero-order valence-corrected chi connectivity index (χ0v) is 10.2. The molecule has 0 aliphatic rings. The smallest absolute Gasteiger partial charge is 0.339 e. The Balaban J connectivity index is 3.69. The minimum absolute atomic E-state index is 0.181. The topological polar surface area (TPSA) is 87.5 Å². The highest BCUT2D eigenvalue weighted by Gasteiger charge is 2.24. The lowest BCUT2D eigenvalue weighted by Gasteiger charge is -2.09. The van der Waals surface area contributed by atoms with E-state index in [0.717, 1.165) is 0 Å². The fourth-order valence-electron chi connectivity index (χ4n) is 1.22. The summed E-state index contributed by atoms with van der Waals surface area (Å²) < 4.78 is 0.195. The first-order valence-electron chi connectivity index (χ1n) is 3.99. The van der Waals surface area contributed by atoms with Crippen molar-refractivity contribution in [3.63, 3.8) is 0 Å². The van der Waals surface area contributed by atoms with Gasteiger partial charge in [0.15, 0.2) is 0 Å². The summed E-state index contributed by atoms with van der Waals surface area (Å²) in [6.07, 6.45) is 0. The van der Waals surface area contributed by atoms with Crippen molar-refractivity contribution in [2.75, 3.05) is 0 Å². The summed E-state index contributed by atoms with van der Waals surface area (Å²) in [5.41, 5.74) is 0.493. The van der Waals surface area contributed by atoms with E-state index in [2.05, 4.69) is 4.98 Å². The second kappa shape index (κ2) is 4.13. The zero-order chi connectivity index (χ0) is 11.7. The molecule has 0 aromatic carbocycles. The number of aryl methyl sites for hydroxylation is 1. The average molecular weight is 321 g/mol. The first-order valence-corrected chi connectivity index (χ1v) is 5.07. The molecule has 1 rings (SSSR count). The van der Waals surface area contributed by atoms with Crippen molar-refractivity contribution >= 4 is 34.5 Å². The lowest BCUT2D eigenvalue weighted by molar-refractivity contribution is 0.0649. The largest absolute Gasteiger partial charge is 0.478 e. The number of hydrogen-bond donors (Lipinski definition) is 2. The fourth-order valence-corrected chi connectivity index (χ4v) is 2.08. The normalized spacial score (nSPS) is 10.1. The summed E-state index contributed by atoms with van der Waals surface area (Å²) in [7, 11) is 0. The Hall–Kier alpha value is -1.18. The van der Waals surface area contributed by atoms with Gasteiger partial charge in [0.1, 0.15) is 9.26 Å². The Morgan fingerprint density at radius 2 is 1.60 bits per heavy atom. The van der Waals surface area contributed by atoms with E-state index in [-0.39, 0.29) is 14.8 Å². The van der Waals surface area contributed by atoms with Crippen LogP contribution in [0.2, 0.25) is 0 Å². The number of aromatic carboxylic acids is 2. The van der Waals surface area contributed by atoms with Gasteiger partial charge in [-0.2, -0.15) is 0 Å². The van der Waals surface area contributed by atoms with Crippen LogP contribution < -0.4 is 0 Å². The highest BCUT2D eigenvalue weighted by atomic mass is 127. The molecule has 0 aliphatic heterocycles. The molecule has 1 heterocycles. The molecule has 5 nitrogen and oxygen atoms in total. The van der Waals surface area contributed by atoms with E-state index >= 15 is 0 Å². The summed E-state index contributed by atoms with van der Waals surface area (Å²) in [5, 5.41) is 17.9. The number of carboxylic acids is 2. The van der Waals surface area contributed by atoms with Crippen molar-refractivity contribution in [3.8, 4) is 0 Å². The van der Waals surface area contributed by atoms with E-state index in [9.17, 15) is 9.59 Å². The van der Waals surface area contributed by atoms with Crippen LogP contribution >= 0.6 is 22.6 Å². The van der Waals surface area contributed by atoms with Crippen molar-refractivity contribution in [1.82, 2.24) is 4.98 Å². The predicted octanol–water partition coefficient (Wildman–Crippen LogP) is 1.70. The van der Waals surface area contributed by atoms with Crippen LogP contribution in [0.25, 0.3) is 0 Å². The number of nitrogens with zero attached hydrogens (tertiary/aromatic N) is 1. The van der Waals surface area contributed by atoms with Gasteiger partial charge < -0.3 is 10.2 Å². The van der Waals surface area contributed by atoms with Gasteiger partial charge in [0.25, 0.3) is 0 Å². The molecule has 0 aliphatic carbocycles. The standard InChI is InChI=1S/C9H8INO4/c1-3-4(2)11-7(10)6(9(14)15)5(3)8(12)13/h1-2H3,(H,12,13)(H,14,15). The zero-order valence-electron chi connectivity index (χ0n) is 8.04. The van der Waals surface area contributed by atoms with Crippen LogP contribution in [-0.2, 0) is 0 Å². The van der Waals surface area contributed by atoms with Crippen LogP contribution in [-0.4, -0.2) is 27.1 Å². The molecule has 0 fully saturated rings. The van der Waals surface area contributed by atoms with Crippen molar-refractivity contribution in [1.29, 1.82) is 0 Å². The quantitative estimate of drug-likeness (QED) is 0.639. The molecule has 15 heavy (non-hydrogen) atoms. The van der Waals surface area contributed by atoms with E-state index < -0.39 is 11.9 Å². The highest BCUT2D eigenvalue weighted by Crippen LogP contribution is 2.21. The number of hydrogen-bond acceptors (Lipinski definition) is 3. The van der Waals surface area contributed by atoms with Gasteiger partial charge in [-0.25, -0.2) is 14.6 Å². The summed E-state index contributed by atoms with van der Waals surface area (Å²) in [4.78, 5) is 25.8. The number of rotatable bonds is 2. The third-order valence-corrected chi connectivity index (χ3v) is 2.85. The molecule has 0 spiro atoms. The third kappa shape index (κ3) is 2.09. The van der Waals surface area contributed by atoms with Crippen LogP contribution in [0.4, 0.5) is 0 Å². The Labute approximate surface area is 99.3 Å². The Morgan fingerprint density at radius 3 is 2.00 bits per heavy atom. The summed E-state index contributed by atoms with van der Waals surface area (Å²) in [6.45, 7) is 3.20. The van der Waals surface area contributed by atoms with Crippen LogP contribution in [0, 0.1) is 17.5 Å². The molecule has 2 N–H and O–H groups in total. The molecular weight excluding hydrogens is 313 g/mol. The van der Waals surface area contributed by atoms with Gasteiger partial charge in [-0.1, -0.05) is 0 Å². The van der Waals surface area contributed by atoms with Crippen molar-refractivity contribution in [2.45, 2.75) is 13.8 Å². The first-order chi connectivity index (χ1) is 6.86. The molecule has 0 unspecified atom stereocenters. The second-order valence-corrected chi connectivity index (χ2v) is 4.00. The second-order valence-electron chi connectivity index (χ2n) is 2.97. The predicted molar refractivity (Wildman–Crippen MR) is 60.3 cm³/mol. The maximum Gasteiger partial charge on any atom is 0.339 e. The van der Waals surface area contributed by atoms with Gasteiger partial charge in [-0.05, 0) is 42.0 Å². The molecule has 0 bridgehead atoms. The van der Waals surface area contributed by atoms with Crippen LogP contribution in [0.1, 0.15) is 32.0 Å². The maximum atomic E-state index is 11.0. The van der Waals surface area contributed by atoms with Crippen molar-refractivity contribution in [3.05, 3.63) is 26.1 Å². The Bertz CT molecular complexity index is 456. The molecule has 0 atom stereocenters. The molecule has 0 saturated heterocycles. The number of pyridine rings is 1. The number of halogens is 1. The van der Waals surface area contributed by atoms with Gasteiger partial charge >= 0.3 is 11.9 Å². The number of carboxylic acid groups (broad SMARTS) is 2. The van der Waals surface area contributed by atoms with E-state index in [0.29, 0.717) is 11.3 Å². The van der Waals surface area contributed by atoms with Crippen LogP contribution in [0.15, 0.2) is 0 Å². The monoisotopic (exact) mass is 321 g/mol. The van der Waals surface area contributed by atoms with Gasteiger partial charge in [0.05, 0.1) is 5.56 Å². The maximum absolute atomic E-state index is 11.0. The summed E-state index contributed by atoms with van der Waals surface area (Å²) in [6, 6.07) is 0. The van der Waals surface area contributed by atoms with Crippen molar-refractivity contribution in [2.24, 2.45) is 0 Å². The fraction of sp³-hybridized carbons (Fsp3) is 0.222. The van der Waals surface area contributed by atoms with Gasteiger partial charge in [0.2, 0.25) is 0 Å². The molecule has 0 amide bonds. The van der Waals surface area contributed by atoms with Gasteiger partial charge in [-0.15, -0.1) is 0 Å². The van der Waals surface area contributed by atoms with E-state index in [1.54, 1.807) is 36.4 Å². The Morgan fingerprint density at radius 1 is 1.13 bits per heavy atom. The molecule has 80 valence electrons. The minimum Gasteiger partial charge on any atom is -0.478 e. The van der Waals surface area contributed by atoms with Crippen LogP contribution in [0.3, 0.4) is 0 Å². The molecular formula is C9H8INO4. The lowest BCUT2D eigenvalue weighted by Crippen LogP contribution is -2.15. The van der Waals surface area contributed by atoms with Gasteiger partial charge in [-0.3, -0.25) is 0 Å². The SMILES string of the molecule is Cc1nc(I)c(C(=O)O)c(C(=O)O)c1C. The molecule has 6 heteroatoms. The van der Waals surface area contributed by atoms with E-state index in [1.165, 1.54) is 0 Å². The minimum atomic E-state index is -1.27. The van der Waals surface area contributed by atoms with E-state index in [1.807, 2.05) is 0 Å². The first kappa shape index (κ1) is 11.9. The molecule has 0 saturated carbocycles. The number of aromatic nitrogens is 1. The van der Waals surface area contributed by atoms with Gasteiger partial charge in [0, 0.05) is 5.69 Å².